The van der Waals surface area contributed by atoms with Crippen molar-refractivity contribution in [3.63, 3.8) is 0 Å². The highest BCUT2D eigenvalue weighted by atomic mass is 32.2. The van der Waals surface area contributed by atoms with Gasteiger partial charge in [-0.3, -0.25) is 9.59 Å². The SMILES string of the molecule is COc1ccc2ccc(S(=O)(=O)N(CC(=O)N(C)C)[C@H]3CCN(Cc4cccc(C=NN)c4)C3=O)cc2c1.O=C(O)C(F)(F)F. The first kappa shape index (κ1) is 34.8. The van der Waals surface area contributed by atoms with Crippen molar-refractivity contribution in [3.8, 4) is 5.75 Å². The predicted octanol–water partition coefficient (Wildman–Crippen LogP) is 2.65. The number of aliphatic carboxylic acids is 1. The summed E-state index contributed by atoms with van der Waals surface area (Å²) in [5.74, 6) is 2.32. The summed E-state index contributed by atoms with van der Waals surface area (Å²) in [6.45, 7) is 0.209. The Morgan fingerprint density at radius 3 is 2.38 bits per heavy atom. The fraction of sp³-hybridized carbons (Fsp3) is 0.310. The largest absolute Gasteiger partial charge is 0.497 e. The normalized spacial score (nSPS) is 15.3. The molecule has 0 spiro atoms. The number of hydrogen-bond donors (Lipinski definition) is 2. The minimum atomic E-state index is -5.08. The number of nitrogens with two attached hydrogens (primary N) is 1. The number of methoxy groups -OCH3 is 1. The van der Waals surface area contributed by atoms with Crippen molar-refractivity contribution in [1.29, 1.82) is 0 Å². The number of rotatable bonds is 9. The maximum Gasteiger partial charge on any atom is 0.490 e. The first-order valence-corrected chi connectivity index (χ1v) is 14.7. The first-order chi connectivity index (χ1) is 21.1. The summed E-state index contributed by atoms with van der Waals surface area (Å²) >= 11 is 0. The maximum atomic E-state index is 13.9. The molecule has 3 aromatic carbocycles. The molecule has 4 rings (SSSR count). The van der Waals surface area contributed by atoms with Crippen LogP contribution in [0.25, 0.3) is 10.8 Å². The van der Waals surface area contributed by atoms with Gasteiger partial charge in [0.15, 0.2) is 0 Å². The second-order valence-corrected chi connectivity index (χ2v) is 12.0. The Bertz CT molecular complexity index is 1700. The Labute approximate surface area is 257 Å². The lowest BCUT2D eigenvalue weighted by molar-refractivity contribution is -0.192. The van der Waals surface area contributed by atoms with Gasteiger partial charge < -0.3 is 25.5 Å². The summed E-state index contributed by atoms with van der Waals surface area (Å²) < 4.78 is 65.9. The number of benzene rings is 3. The van der Waals surface area contributed by atoms with Crippen LogP contribution in [0.2, 0.25) is 0 Å². The van der Waals surface area contributed by atoms with E-state index in [1.807, 2.05) is 30.3 Å². The minimum Gasteiger partial charge on any atom is -0.497 e. The fourth-order valence-corrected chi connectivity index (χ4v) is 6.09. The number of ether oxygens (including phenoxy) is 1. The molecule has 1 heterocycles. The summed E-state index contributed by atoms with van der Waals surface area (Å²) in [7, 11) is 0.439. The highest BCUT2D eigenvalue weighted by molar-refractivity contribution is 7.89. The molecule has 0 bridgehead atoms. The van der Waals surface area contributed by atoms with E-state index >= 15 is 0 Å². The van der Waals surface area contributed by atoms with Crippen molar-refractivity contribution in [2.24, 2.45) is 10.9 Å². The molecule has 0 radical (unpaired) electrons. The number of fused-ring (bicyclic) bond motifs is 1. The van der Waals surface area contributed by atoms with Gasteiger partial charge >= 0.3 is 12.1 Å². The Balaban J connectivity index is 0.000000707. The molecule has 1 saturated heterocycles. The first-order valence-electron chi connectivity index (χ1n) is 13.3. The van der Waals surface area contributed by atoms with E-state index in [4.69, 9.17) is 20.5 Å². The van der Waals surface area contributed by atoms with E-state index in [0.29, 0.717) is 24.2 Å². The topological polar surface area (TPSA) is 163 Å². The van der Waals surface area contributed by atoms with Crippen molar-refractivity contribution >= 4 is 44.8 Å². The van der Waals surface area contributed by atoms with Crippen molar-refractivity contribution < 1.29 is 45.8 Å². The number of alkyl halides is 3. The molecule has 0 unspecified atom stereocenters. The molecular weight excluding hydrogens is 619 g/mol. The zero-order valence-electron chi connectivity index (χ0n) is 24.6. The average molecular weight is 652 g/mol. The van der Waals surface area contributed by atoms with Gasteiger partial charge in [-0.2, -0.15) is 22.6 Å². The van der Waals surface area contributed by atoms with Gasteiger partial charge in [-0.1, -0.05) is 30.3 Å². The van der Waals surface area contributed by atoms with Crippen LogP contribution in [-0.4, -0.2) is 98.1 Å². The van der Waals surface area contributed by atoms with Gasteiger partial charge in [-0.15, -0.1) is 0 Å². The van der Waals surface area contributed by atoms with Gasteiger partial charge in [0.05, 0.1) is 24.8 Å². The molecule has 242 valence electrons. The van der Waals surface area contributed by atoms with E-state index in [-0.39, 0.29) is 17.2 Å². The van der Waals surface area contributed by atoms with Crippen LogP contribution in [0.15, 0.2) is 70.7 Å². The third-order valence-corrected chi connectivity index (χ3v) is 8.67. The summed E-state index contributed by atoms with van der Waals surface area (Å²) in [6.07, 6.45) is -3.30. The number of halogens is 3. The van der Waals surface area contributed by atoms with Crippen molar-refractivity contribution in [3.05, 3.63) is 71.8 Å². The van der Waals surface area contributed by atoms with Crippen LogP contribution in [0.3, 0.4) is 0 Å². The van der Waals surface area contributed by atoms with E-state index in [9.17, 15) is 31.2 Å². The van der Waals surface area contributed by atoms with Crippen molar-refractivity contribution in [2.75, 3.05) is 34.3 Å². The number of likely N-dealkylation sites (N-methyl/N-ethyl adjacent to an activating group) is 1. The molecule has 1 aliphatic rings. The number of carbonyl (C=O) groups is 3. The maximum absolute atomic E-state index is 13.9. The van der Waals surface area contributed by atoms with Gasteiger partial charge in [0.25, 0.3) is 0 Å². The van der Waals surface area contributed by atoms with Crippen LogP contribution < -0.4 is 10.6 Å². The second kappa shape index (κ2) is 14.4. The molecule has 1 atom stereocenters. The van der Waals surface area contributed by atoms with E-state index < -0.39 is 40.7 Å². The number of carbonyl (C=O) groups excluding carboxylic acids is 2. The zero-order valence-corrected chi connectivity index (χ0v) is 25.4. The average Bonchev–Trinajstić information content (AvgIpc) is 3.33. The molecule has 2 amide bonds. The predicted molar refractivity (Wildman–Crippen MR) is 159 cm³/mol. The lowest BCUT2D eigenvalue weighted by Crippen LogP contribution is -2.49. The third kappa shape index (κ3) is 8.69. The standard InChI is InChI=1S/C27H31N5O5S.C2HF3O2/c1-30(2)26(33)18-32(38(35,36)24-10-8-21-7-9-23(37-3)14-22(21)15-24)25-11-12-31(27(25)34)17-20-6-4-5-19(13-20)16-29-28;3-2(4,5)1(6)7/h4-10,13-16,25H,11-12,17-18,28H2,1-3H3;(H,6,7)/t25-;/m0./s1. The molecule has 0 aromatic heterocycles. The smallest absolute Gasteiger partial charge is 0.490 e. The number of carboxylic acids is 1. The molecule has 3 aromatic rings. The molecule has 1 aliphatic heterocycles. The summed E-state index contributed by atoms with van der Waals surface area (Å²) in [6, 6.07) is 16.5. The molecular formula is C29H32F3N5O7S. The Hall–Kier alpha value is -4.70. The van der Waals surface area contributed by atoms with E-state index in [0.717, 1.165) is 20.8 Å². The van der Waals surface area contributed by atoms with Crippen LogP contribution in [0, 0.1) is 0 Å². The van der Waals surface area contributed by atoms with E-state index in [1.54, 1.807) is 43.3 Å². The van der Waals surface area contributed by atoms with Gasteiger partial charge in [-0.25, -0.2) is 13.2 Å². The number of nitrogens with zero attached hydrogens (tertiary/aromatic N) is 4. The second-order valence-electron chi connectivity index (χ2n) is 10.1. The van der Waals surface area contributed by atoms with Gasteiger partial charge in [0.1, 0.15) is 11.8 Å². The molecule has 12 nitrogen and oxygen atoms in total. The Morgan fingerprint density at radius 1 is 1.11 bits per heavy atom. The van der Waals surface area contributed by atoms with Crippen LogP contribution >= 0.6 is 0 Å². The number of carboxylic acid groups (broad SMARTS) is 1. The molecule has 0 saturated carbocycles. The van der Waals surface area contributed by atoms with Crippen LogP contribution in [0.1, 0.15) is 17.5 Å². The number of hydrogen-bond acceptors (Lipinski definition) is 8. The highest BCUT2D eigenvalue weighted by Crippen LogP contribution is 2.29. The summed E-state index contributed by atoms with van der Waals surface area (Å²) in [5, 5.41) is 12.2. The van der Waals surface area contributed by atoms with Crippen LogP contribution in [-0.2, 0) is 31.0 Å². The van der Waals surface area contributed by atoms with E-state index in [2.05, 4.69) is 5.10 Å². The number of likely N-dealkylation sites (tertiary alicyclic amines) is 1. The lowest BCUT2D eigenvalue weighted by atomic mass is 10.1. The molecule has 45 heavy (non-hydrogen) atoms. The summed E-state index contributed by atoms with van der Waals surface area (Å²) in [4.78, 5) is 38.1. The molecule has 0 aliphatic carbocycles. The third-order valence-electron chi connectivity index (χ3n) is 6.82. The van der Waals surface area contributed by atoms with Crippen molar-refractivity contribution in [1.82, 2.24) is 14.1 Å². The van der Waals surface area contributed by atoms with Gasteiger partial charge in [-0.05, 0) is 58.7 Å². The van der Waals surface area contributed by atoms with Gasteiger partial charge in [0.2, 0.25) is 21.8 Å². The quantitative estimate of drug-likeness (QED) is 0.203. The zero-order chi connectivity index (χ0) is 33.5. The minimum absolute atomic E-state index is 0.00447. The monoisotopic (exact) mass is 651 g/mol. The number of hydrazone groups is 1. The lowest BCUT2D eigenvalue weighted by Gasteiger charge is -2.28. The van der Waals surface area contributed by atoms with E-state index in [1.165, 1.54) is 24.3 Å². The van der Waals surface area contributed by atoms with Gasteiger partial charge in [0, 0.05) is 27.2 Å². The Kier molecular flexibility index (Phi) is 11.1. The van der Waals surface area contributed by atoms with Crippen LogP contribution in [0.4, 0.5) is 13.2 Å². The highest BCUT2D eigenvalue weighted by Gasteiger charge is 2.43. The number of amides is 2. The fourth-order valence-electron chi connectivity index (χ4n) is 4.49. The molecule has 3 N–H and O–H groups in total. The summed E-state index contributed by atoms with van der Waals surface area (Å²) in [5.41, 5.74) is 1.65. The molecule has 1 fully saturated rings. The number of sulfonamides is 1. The Morgan fingerprint density at radius 2 is 1.78 bits per heavy atom. The van der Waals surface area contributed by atoms with Crippen molar-refractivity contribution in [2.45, 2.75) is 30.1 Å². The molecule has 16 heteroatoms. The van der Waals surface area contributed by atoms with Crippen LogP contribution in [0.5, 0.6) is 5.75 Å².